The summed E-state index contributed by atoms with van der Waals surface area (Å²) >= 11 is 0. The van der Waals surface area contributed by atoms with Crippen LogP contribution in [0.2, 0.25) is 0 Å². The summed E-state index contributed by atoms with van der Waals surface area (Å²) < 4.78 is 7.21. The highest BCUT2D eigenvalue weighted by Crippen LogP contribution is 2.24. The van der Waals surface area contributed by atoms with E-state index in [1.54, 1.807) is 12.3 Å². The van der Waals surface area contributed by atoms with Crippen molar-refractivity contribution in [2.75, 3.05) is 13.1 Å². The molecule has 1 atom stereocenters. The number of likely N-dealkylation sites (tertiary alicyclic amines) is 1. The van der Waals surface area contributed by atoms with E-state index in [-0.39, 0.29) is 5.91 Å². The molecule has 0 spiro atoms. The van der Waals surface area contributed by atoms with Crippen LogP contribution in [0, 0.1) is 13.8 Å². The maximum atomic E-state index is 12.4. The Morgan fingerprint density at radius 2 is 2.30 bits per heavy atom. The standard InChI is InChI=1S/C14H18N4O2/c1-10-8-13(20-16-10)14(19)17-6-3-4-12(9-17)18-7-5-15-11(18)2/h5,7-8,12H,3-4,6,9H2,1-2H3. The third-order valence-corrected chi connectivity index (χ3v) is 3.78. The van der Waals surface area contributed by atoms with Gasteiger partial charge in [0.1, 0.15) is 5.82 Å². The van der Waals surface area contributed by atoms with Crippen LogP contribution in [0.15, 0.2) is 23.0 Å². The van der Waals surface area contributed by atoms with Crippen LogP contribution in [-0.4, -0.2) is 38.6 Å². The second-order valence-electron chi connectivity index (χ2n) is 5.26. The Morgan fingerprint density at radius 3 is 2.95 bits per heavy atom. The highest BCUT2D eigenvalue weighted by Gasteiger charge is 2.27. The second-order valence-corrected chi connectivity index (χ2v) is 5.26. The molecule has 0 aliphatic carbocycles. The Kier molecular flexibility index (Phi) is 3.30. The van der Waals surface area contributed by atoms with Crippen LogP contribution in [0.1, 0.15) is 41.0 Å². The highest BCUT2D eigenvalue weighted by atomic mass is 16.5. The number of rotatable bonds is 2. The van der Waals surface area contributed by atoms with E-state index >= 15 is 0 Å². The summed E-state index contributed by atoms with van der Waals surface area (Å²) in [6, 6.07) is 1.98. The molecule has 0 bridgehead atoms. The smallest absolute Gasteiger partial charge is 0.292 e. The molecule has 1 saturated heterocycles. The predicted octanol–water partition coefficient (Wildman–Crippen LogP) is 1.97. The molecular formula is C14H18N4O2. The number of hydrogen-bond donors (Lipinski definition) is 0. The van der Waals surface area contributed by atoms with Crippen LogP contribution in [0.3, 0.4) is 0 Å². The van der Waals surface area contributed by atoms with Gasteiger partial charge in [0.05, 0.1) is 11.7 Å². The van der Waals surface area contributed by atoms with Gasteiger partial charge in [-0.2, -0.15) is 0 Å². The fourth-order valence-electron chi connectivity index (χ4n) is 2.76. The lowest BCUT2D eigenvalue weighted by atomic mass is 10.0. The molecule has 6 heteroatoms. The summed E-state index contributed by atoms with van der Waals surface area (Å²) in [7, 11) is 0. The lowest BCUT2D eigenvalue weighted by Gasteiger charge is -2.33. The minimum Gasteiger partial charge on any atom is -0.351 e. The average Bonchev–Trinajstić information content (AvgIpc) is 3.07. The molecule has 1 aliphatic heterocycles. The van der Waals surface area contributed by atoms with Crippen molar-refractivity contribution >= 4 is 5.91 Å². The molecule has 2 aromatic heterocycles. The minimum absolute atomic E-state index is 0.0759. The molecule has 0 N–H and O–H groups in total. The van der Waals surface area contributed by atoms with Crippen molar-refractivity contribution in [3.8, 4) is 0 Å². The minimum atomic E-state index is -0.0759. The van der Waals surface area contributed by atoms with E-state index in [1.807, 2.05) is 24.9 Å². The zero-order valence-corrected chi connectivity index (χ0v) is 11.7. The van der Waals surface area contributed by atoms with Crippen molar-refractivity contribution in [3.05, 3.63) is 35.7 Å². The van der Waals surface area contributed by atoms with Crippen LogP contribution in [0.25, 0.3) is 0 Å². The van der Waals surface area contributed by atoms with Gasteiger partial charge in [-0.3, -0.25) is 4.79 Å². The maximum absolute atomic E-state index is 12.4. The van der Waals surface area contributed by atoms with Gasteiger partial charge in [0.2, 0.25) is 5.76 Å². The van der Waals surface area contributed by atoms with Crippen LogP contribution < -0.4 is 0 Å². The van der Waals surface area contributed by atoms with Crippen molar-refractivity contribution in [2.45, 2.75) is 32.7 Å². The fourth-order valence-corrected chi connectivity index (χ4v) is 2.76. The van der Waals surface area contributed by atoms with E-state index in [0.717, 1.165) is 30.9 Å². The molecule has 1 amide bonds. The number of carbonyl (C=O) groups excluding carboxylic acids is 1. The third-order valence-electron chi connectivity index (χ3n) is 3.78. The van der Waals surface area contributed by atoms with E-state index in [9.17, 15) is 4.79 Å². The summed E-state index contributed by atoms with van der Waals surface area (Å²) in [4.78, 5) is 18.5. The van der Waals surface area contributed by atoms with Crippen molar-refractivity contribution < 1.29 is 9.32 Å². The number of piperidine rings is 1. The normalized spacial score (nSPS) is 19.3. The van der Waals surface area contributed by atoms with Crippen LogP contribution >= 0.6 is 0 Å². The number of imidazole rings is 1. The van der Waals surface area contributed by atoms with E-state index < -0.39 is 0 Å². The van der Waals surface area contributed by atoms with E-state index in [4.69, 9.17) is 4.52 Å². The van der Waals surface area contributed by atoms with Crippen LogP contribution in [0.5, 0.6) is 0 Å². The zero-order valence-electron chi connectivity index (χ0n) is 11.7. The Balaban J connectivity index is 1.75. The molecule has 3 rings (SSSR count). The van der Waals surface area contributed by atoms with Gasteiger partial charge >= 0.3 is 0 Å². The SMILES string of the molecule is Cc1cc(C(=O)N2CCCC(n3ccnc3C)C2)on1. The van der Waals surface area contributed by atoms with Gasteiger partial charge in [0, 0.05) is 31.5 Å². The molecular weight excluding hydrogens is 256 g/mol. The summed E-state index contributed by atoms with van der Waals surface area (Å²) in [5.41, 5.74) is 0.729. The fraction of sp³-hybridized carbons (Fsp3) is 0.500. The first-order valence-electron chi connectivity index (χ1n) is 6.87. The number of amides is 1. The Hall–Kier alpha value is -2.11. The molecule has 3 heterocycles. The lowest BCUT2D eigenvalue weighted by Crippen LogP contribution is -2.40. The van der Waals surface area contributed by atoms with Gasteiger partial charge in [-0.25, -0.2) is 4.98 Å². The number of aromatic nitrogens is 3. The molecule has 6 nitrogen and oxygen atoms in total. The highest BCUT2D eigenvalue weighted by molar-refractivity contribution is 5.91. The monoisotopic (exact) mass is 274 g/mol. The van der Waals surface area contributed by atoms with E-state index in [2.05, 4.69) is 14.7 Å². The Bertz CT molecular complexity index is 616. The number of hydrogen-bond acceptors (Lipinski definition) is 4. The largest absolute Gasteiger partial charge is 0.351 e. The van der Waals surface area contributed by atoms with Crippen LogP contribution in [-0.2, 0) is 0 Å². The van der Waals surface area contributed by atoms with Crippen molar-refractivity contribution in [2.24, 2.45) is 0 Å². The van der Waals surface area contributed by atoms with Gasteiger partial charge in [-0.1, -0.05) is 5.16 Å². The summed E-state index contributed by atoms with van der Waals surface area (Å²) in [6.45, 7) is 5.26. The third kappa shape index (κ3) is 2.33. The first-order valence-corrected chi connectivity index (χ1v) is 6.87. The number of aryl methyl sites for hydroxylation is 2. The van der Waals surface area contributed by atoms with Crippen LogP contribution in [0.4, 0.5) is 0 Å². The first-order chi connectivity index (χ1) is 9.65. The Labute approximate surface area is 117 Å². The molecule has 1 aliphatic rings. The molecule has 0 saturated carbocycles. The van der Waals surface area contributed by atoms with Gasteiger partial charge in [-0.05, 0) is 26.7 Å². The van der Waals surface area contributed by atoms with Crippen molar-refractivity contribution in [3.63, 3.8) is 0 Å². The predicted molar refractivity (Wildman–Crippen MR) is 72.4 cm³/mol. The van der Waals surface area contributed by atoms with Gasteiger partial charge in [0.15, 0.2) is 0 Å². The van der Waals surface area contributed by atoms with E-state index in [1.165, 1.54) is 0 Å². The summed E-state index contributed by atoms with van der Waals surface area (Å²) in [5.74, 6) is 1.23. The zero-order chi connectivity index (χ0) is 14.1. The molecule has 0 aromatic carbocycles. The molecule has 0 radical (unpaired) electrons. The van der Waals surface area contributed by atoms with Gasteiger partial charge < -0.3 is 14.0 Å². The molecule has 2 aromatic rings. The molecule has 1 unspecified atom stereocenters. The molecule has 20 heavy (non-hydrogen) atoms. The van der Waals surface area contributed by atoms with Gasteiger partial charge in [0.25, 0.3) is 5.91 Å². The first kappa shape index (κ1) is 12.9. The Morgan fingerprint density at radius 1 is 1.45 bits per heavy atom. The number of nitrogens with zero attached hydrogens (tertiary/aromatic N) is 4. The maximum Gasteiger partial charge on any atom is 0.292 e. The molecule has 1 fully saturated rings. The lowest BCUT2D eigenvalue weighted by molar-refractivity contribution is 0.0636. The topological polar surface area (TPSA) is 64.2 Å². The average molecular weight is 274 g/mol. The van der Waals surface area contributed by atoms with E-state index in [0.29, 0.717) is 18.3 Å². The summed E-state index contributed by atoms with van der Waals surface area (Å²) in [6.07, 6.45) is 5.83. The molecule has 106 valence electrons. The summed E-state index contributed by atoms with van der Waals surface area (Å²) in [5, 5.41) is 3.78. The van der Waals surface area contributed by atoms with Crippen molar-refractivity contribution in [1.82, 2.24) is 19.6 Å². The number of carbonyl (C=O) groups is 1. The van der Waals surface area contributed by atoms with Gasteiger partial charge in [-0.15, -0.1) is 0 Å². The quantitative estimate of drug-likeness (QED) is 0.839. The van der Waals surface area contributed by atoms with Crippen molar-refractivity contribution in [1.29, 1.82) is 0 Å². The second kappa shape index (κ2) is 5.11.